The molecule has 2 N–H and O–H groups in total. The summed E-state index contributed by atoms with van der Waals surface area (Å²) in [7, 11) is 0. The Morgan fingerprint density at radius 1 is 1.65 bits per heavy atom. The van der Waals surface area contributed by atoms with E-state index in [2.05, 4.69) is 20.6 Å². The maximum absolute atomic E-state index is 12.2. The van der Waals surface area contributed by atoms with Gasteiger partial charge in [0.2, 0.25) is 5.91 Å². The number of hydrogen-bond donors (Lipinski definition) is 2. The molecule has 0 aliphatic carbocycles. The highest BCUT2D eigenvalue weighted by Crippen LogP contribution is 2.24. The molecule has 6 heteroatoms. The van der Waals surface area contributed by atoms with Gasteiger partial charge in [-0.2, -0.15) is 0 Å². The monoisotopic (exact) mass is 254 g/mol. The van der Waals surface area contributed by atoms with E-state index in [1.165, 1.54) is 12.4 Å². The fourth-order valence-electron chi connectivity index (χ4n) is 2.10. The van der Waals surface area contributed by atoms with Crippen molar-refractivity contribution < 1.29 is 4.79 Å². The van der Waals surface area contributed by atoms with E-state index in [0.717, 1.165) is 25.8 Å². The van der Waals surface area contributed by atoms with Gasteiger partial charge in [-0.05, 0) is 25.8 Å². The number of halogens is 1. The van der Waals surface area contributed by atoms with Crippen LogP contribution in [0.5, 0.6) is 0 Å². The summed E-state index contributed by atoms with van der Waals surface area (Å²) in [6.07, 6.45) is 3.97. The summed E-state index contributed by atoms with van der Waals surface area (Å²) < 4.78 is 0. The predicted molar refractivity (Wildman–Crippen MR) is 65.9 cm³/mol. The molecule has 92 valence electrons. The molecule has 1 atom stereocenters. The van der Waals surface area contributed by atoms with Crippen LogP contribution in [0.2, 0.25) is 5.15 Å². The zero-order valence-electron chi connectivity index (χ0n) is 9.66. The number of hydrogen-bond acceptors (Lipinski definition) is 4. The van der Waals surface area contributed by atoms with Crippen molar-refractivity contribution in [2.75, 3.05) is 11.9 Å². The third kappa shape index (κ3) is 2.56. The number of nitrogens with zero attached hydrogens (tertiary/aromatic N) is 2. The average molecular weight is 255 g/mol. The van der Waals surface area contributed by atoms with Gasteiger partial charge in [0.15, 0.2) is 0 Å². The molecule has 1 aromatic heterocycles. The lowest BCUT2D eigenvalue weighted by Gasteiger charge is -2.26. The minimum Gasteiger partial charge on any atom is -0.309 e. The topological polar surface area (TPSA) is 66.9 Å². The highest BCUT2D eigenvalue weighted by molar-refractivity contribution is 6.29. The Balaban J connectivity index is 2.10. The Morgan fingerprint density at radius 3 is 3.06 bits per heavy atom. The van der Waals surface area contributed by atoms with Gasteiger partial charge in [0.1, 0.15) is 17.3 Å². The van der Waals surface area contributed by atoms with Crippen molar-refractivity contribution >= 4 is 23.3 Å². The molecular formula is C11H15ClN4O. The van der Waals surface area contributed by atoms with Gasteiger partial charge in [-0.3, -0.25) is 4.79 Å². The first-order chi connectivity index (χ1) is 8.16. The van der Waals surface area contributed by atoms with Gasteiger partial charge in [0.05, 0.1) is 5.54 Å². The van der Waals surface area contributed by atoms with Gasteiger partial charge in [-0.1, -0.05) is 18.5 Å². The number of carbonyl (C=O) groups excluding carboxylic acids is 1. The van der Waals surface area contributed by atoms with Gasteiger partial charge >= 0.3 is 0 Å². The van der Waals surface area contributed by atoms with Crippen LogP contribution in [0.4, 0.5) is 5.82 Å². The summed E-state index contributed by atoms with van der Waals surface area (Å²) in [5.41, 5.74) is -0.461. The minimum absolute atomic E-state index is 0.0488. The normalized spacial score (nSPS) is 23.6. The average Bonchev–Trinajstić information content (AvgIpc) is 2.78. The van der Waals surface area contributed by atoms with E-state index in [9.17, 15) is 4.79 Å². The lowest BCUT2D eigenvalue weighted by Crippen LogP contribution is -2.50. The van der Waals surface area contributed by atoms with Crippen LogP contribution in [0.1, 0.15) is 26.2 Å². The Kier molecular flexibility index (Phi) is 3.59. The largest absolute Gasteiger partial charge is 0.309 e. The van der Waals surface area contributed by atoms with Crippen molar-refractivity contribution in [3.05, 3.63) is 17.5 Å². The first kappa shape index (κ1) is 12.3. The van der Waals surface area contributed by atoms with Crippen LogP contribution < -0.4 is 10.6 Å². The van der Waals surface area contributed by atoms with E-state index < -0.39 is 5.54 Å². The van der Waals surface area contributed by atoms with Crippen LogP contribution in [0.3, 0.4) is 0 Å². The molecule has 2 rings (SSSR count). The number of rotatable bonds is 3. The smallest absolute Gasteiger partial charge is 0.245 e. The Hall–Kier alpha value is -1.20. The first-order valence-corrected chi connectivity index (χ1v) is 6.08. The molecule has 17 heavy (non-hydrogen) atoms. The highest BCUT2D eigenvalue weighted by Gasteiger charge is 2.39. The van der Waals surface area contributed by atoms with Gasteiger partial charge < -0.3 is 10.6 Å². The molecule has 5 nitrogen and oxygen atoms in total. The fourth-order valence-corrected chi connectivity index (χ4v) is 2.25. The molecule has 0 spiro atoms. The van der Waals surface area contributed by atoms with Crippen LogP contribution in [-0.2, 0) is 4.79 Å². The molecule has 1 amide bonds. The third-order valence-electron chi connectivity index (χ3n) is 3.16. The van der Waals surface area contributed by atoms with Crippen molar-refractivity contribution in [3.63, 3.8) is 0 Å². The molecule has 1 aliphatic rings. The molecule has 1 unspecified atom stereocenters. The van der Waals surface area contributed by atoms with Gasteiger partial charge in [0, 0.05) is 6.07 Å². The standard InChI is InChI=1S/C11H15ClN4O/c1-2-11(4-3-5-15-11)10(17)16-9-6-8(12)13-7-14-9/h6-7,15H,2-5H2,1H3,(H,13,14,16,17). The predicted octanol–water partition coefficient (Wildman–Crippen LogP) is 1.60. The van der Waals surface area contributed by atoms with E-state index in [-0.39, 0.29) is 5.91 Å². The number of aromatic nitrogens is 2. The summed E-state index contributed by atoms with van der Waals surface area (Å²) in [5.74, 6) is 0.392. The molecule has 1 fully saturated rings. The van der Waals surface area contributed by atoms with E-state index in [4.69, 9.17) is 11.6 Å². The second-order valence-corrected chi connectivity index (χ2v) is 4.53. The van der Waals surface area contributed by atoms with Gasteiger partial charge in [-0.25, -0.2) is 9.97 Å². The Bertz CT molecular complexity index is 418. The van der Waals surface area contributed by atoms with E-state index in [1.807, 2.05) is 6.92 Å². The molecular weight excluding hydrogens is 240 g/mol. The molecule has 1 aliphatic heterocycles. The van der Waals surface area contributed by atoms with Crippen molar-refractivity contribution in [1.82, 2.24) is 15.3 Å². The second kappa shape index (κ2) is 4.98. The quantitative estimate of drug-likeness (QED) is 0.804. The van der Waals surface area contributed by atoms with Gasteiger partial charge in [0.25, 0.3) is 0 Å². The minimum atomic E-state index is -0.461. The molecule has 1 saturated heterocycles. The van der Waals surface area contributed by atoms with E-state index in [0.29, 0.717) is 11.0 Å². The summed E-state index contributed by atoms with van der Waals surface area (Å²) in [6.45, 7) is 2.89. The molecule has 0 saturated carbocycles. The number of carbonyl (C=O) groups is 1. The van der Waals surface area contributed by atoms with Crippen molar-refractivity contribution in [1.29, 1.82) is 0 Å². The summed E-state index contributed by atoms with van der Waals surface area (Å²) >= 11 is 5.74. The van der Waals surface area contributed by atoms with Crippen molar-refractivity contribution in [3.8, 4) is 0 Å². The summed E-state index contributed by atoms with van der Waals surface area (Å²) in [5, 5.41) is 6.37. The number of nitrogens with one attached hydrogen (secondary N) is 2. The van der Waals surface area contributed by atoms with E-state index in [1.54, 1.807) is 0 Å². The third-order valence-corrected chi connectivity index (χ3v) is 3.36. The lowest BCUT2D eigenvalue weighted by atomic mass is 9.93. The number of anilines is 1. The maximum Gasteiger partial charge on any atom is 0.245 e. The zero-order chi connectivity index (χ0) is 12.3. The van der Waals surface area contributed by atoms with Crippen LogP contribution in [0, 0.1) is 0 Å². The molecule has 0 aromatic carbocycles. The van der Waals surface area contributed by atoms with Crippen LogP contribution in [-0.4, -0.2) is 28.0 Å². The zero-order valence-corrected chi connectivity index (χ0v) is 10.4. The molecule has 2 heterocycles. The van der Waals surface area contributed by atoms with Crippen molar-refractivity contribution in [2.45, 2.75) is 31.7 Å². The summed E-state index contributed by atoms with van der Waals surface area (Å²) in [4.78, 5) is 19.9. The Labute approximate surface area is 105 Å². The molecule has 0 bridgehead atoms. The van der Waals surface area contributed by atoms with Crippen molar-refractivity contribution in [2.24, 2.45) is 0 Å². The van der Waals surface area contributed by atoms with Gasteiger partial charge in [-0.15, -0.1) is 0 Å². The van der Waals surface area contributed by atoms with Crippen LogP contribution in [0.15, 0.2) is 12.4 Å². The lowest BCUT2D eigenvalue weighted by molar-refractivity contribution is -0.122. The highest BCUT2D eigenvalue weighted by atomic mass is 35.5. The molecule has 0 radical (unpaired) electrons. The second-order valence-electron chi connectivity index (χ2n) is 4.15. The fraction of sp³-hybridized carbons (Fsp3) is 0.545. The molecule has 1 aromatic rings. The summed E-state index contributed by atoms with van der Waals surface area (Å²) in [6, 6.07) is 1.54. The SMILES string of the molecule is CCC1(C(=O)Nc2cc(Cl)ncn2)CCCN1. The maximum atomic E-state index is 12.2. The van der Waals surface area contributed by atoms with Crippen LogP contribution >= 0.6 is 11.6 Å². The Morgan fingerprint density at radius 2 is 2.47 bits per heavy atom. The van der Waals surface area contributed by atoms with E-state index >= 15 is 0 Å². The first-order valence-electron chi connectivity index (χ1n) is 5.70. The number of amides is 1. The van der Waals surface area contributed by atoms with Crippen LogP contribution in [0.25, 0.3) is 0 Å².